The highest BCUT2D eigenvalue weighted by Crippen LogP contribution is 2.47. The summed E-state index contributed by atoms with van der Waals surface area (Å²) >= 11 is 6.98. The van der Waals surface area contributed by atoms with Gasteiger partial charge in [-0.2, -0.15) is 0 Å². The third-order valence-electron chi connectivity index (χ3n) is 3.51. The van der Waals surface area contributed by atoms with Gasteiger partial charge in [0, 0.05) is 12.6 Å². The summed E-state index contributed by atoms with van der Waals surface area (Å²) in [6.07, 6.45) is 3.50. The van der Waals surface area contributed by atoms with Gasteiger partial charge in [-0.25, -0.2) is 4.98 Å². The smallest absolute Gasteiger partial charge is 0.265 e. The largest absolute Gasteiger partial charge is 0.373 e. The van der Waals surface area contributed by atoms with Crippen molar-refractivity contribution in [3.05, 3.63) is 15.5 Å². The molecule has 92 valence electrons. The summed E-state index contributed by atoms with van der Waals surface area (Å²) in [4.78, 5) is 18.7. The summed E-state index contributed by atoms with van der Waals surface area (Å²) in [7, 11) is 0. The molecule has 0 aromatic carbocycles. The number of hydrogen-bond acceptors (Lipinski definition) is 4. The number of rotatable bonds is 3. The zero-order valence-corrected chi connectivity index (χ0v) is 11.1. The van der Waals surface area contributed by atoms with Crippen LogP contribution >= 0.6 is 22.9 Å². The van der Waals surface area contributed by atoms with E-state index in [9.17, 15) is 4.79 Å². The number of aromatic nitrogens is 1. The van der Waals surface area contributed by atoms with Crippen molar-refractivity contribution in [3.63, 3.8) is 0 Å². The second-order valence-electron chi connectivity index (χ2n) is 4.59. The lowest BCUT2D eigenvalue weighted by atomic mass is 9.81. The van der Waals surface area contributed by atoms with Gasteiger partial charge in [0.1, 0.15) is 4.88 Å². The molecule has 3 aliphatic rings. The number of halogens is 1. The molecule has 0 N–H and O–H groups in total. The molecule has 2 bridgehead atoms. The lowest BCUT2D eigenvalue weighted by Gasteiger charge is -2.36. The zero-order chi connectivity index (χ0) is 12.0. The maximum absolute atomic E-state index is 12.2. The summed E-state index contributed by atoms with van der Waals surface area (Å²) in [6, 6.07) is 0.343. The van der Waals surface area contributed by atoms with Crippen LogP contribution in [-0.2, 0) is 4.74 Å². The molecular formula is C11H13ClN2O2S. The Morgan fingerprint density at radius 2 is 2.53 bits per heavy atom. The van der Waals surface area contributed by atoms with Gasteiger partial charge in [0.15, 0.2) is 4.47 Å². The molecule has 3 heterocycles. The van der Waals surface area contributed by atoms with Gasteiger partial charge in [0.2, 0.25) is 0 Å². The molecule has 0 unspecified atom stereocenters. The Bertz CT molecular complexity index is 456. The summed E-state index contributed by atoms with van der Waals surface area (Å²) in [5.74, 6) is 0.0403. The topological polar surface area (TPSA) is 42.4 Å². The van der Waals surface area contributed by atoms with Crippen molar-refractivity contribution in [1.29, 1.82) is 0 Å². The average molecular weight is 273 g/mol. The number of fused-ring (bicyclic) bond motifs is 1. The summed E-state index contributed by atoms with van der Waals surface area (Å²) in [6.45, 7) is 3.41. The van der Waals surface area contributed by atoms with Crippen LogP contribution < -0.4 is 0 Å². The van der Waals surface area contributed by atoms with Crippen molar-refractivity contribution >= 4 is 28.8 Å². The van der Waals surface area contributed by atoms with E-state index in [1.165, 1.54) is 11.3 Å². The molecule has 0 atom stereocenters. The molecule has 1 saturated carbocycles. The minimum Gasteiger partial charge on any atom is -0.373 e. The third kappa shape index (κ3) is 1.77. The van der Waals surface area contributed by atoms with Crippen molar-refractivity contribution in [2.75, 3.05) is 13.2 Å². The number of carbonyl (C=O) groups is 1. The van der Waals surface area contributed by atoms with E-state index in [0.717, 1.165) is 12.8 Å². The third-order valence-corrected chi connectivity index (χ3v) is 4.62. The summed E-state index contributed by atoms with van der Waals surface area (Å²) < 4.78 is 6.16. The molecule has 4 rings (SSSR count). The Morgan fingerprint density at radius 1 is 1.76 bits per heavy atom. The number of nitrogens with zero attached hydrogens (tertiary/aromatic N) is 2. The van der Waals surface area contributed by atoms with E-state index in [-0.39, 0.29) is 11.5 Å². The first-order valence-corrected chi connectivity index (χ1v) is 6.89. The molecular weight excluding hydrogens is 260 g/mol. The van der Waals surface area contributed by atoms with Crippen molar-refractivity contribution in [2.24, 2.45) is 0 Å². The summed E-state index contributed by atoms with van der Waals surface area (Å²) in [5.41, 5.74) is -0.0659. The molecule has 1 aromatic heterocycles. The predicted molar refractivity (Wildman–Crippen MR) is 65.5 cm³/mol. The highest BCUT2D eigenvalue weighted by molar-refractivity contribution is 7.17. The molecule has 6 heteroatoms. The fraction of sp³-hybridized carbons (Fsp3) is 0.636. The number of ether oxygens (including phenoxy) is 1. The highest BCUT2D eigenvalue weighted by atomic mass is 35.5. The van der Waals surface area contributed by atoms with E-state index >= 15 is 0 Å². The first-order valence-electron chi connectivity index (χ1n) is 5.70. The van der Waals surface area contributed by atoms with Gasteiger partial charge < -0.3 is 9.64 Å². The van der Waals surface area contributed by atoms with Crippen LogP contribution in [0.5, 0.6) is 0 Å². The van der Waals surface area contributed by atoms with Gasteiger partial charge >= 0.3 is 0 Å². The van der Waals surface area contributed by atoms with E-state index in [1.807, 2.05) is 11.8 Å². The zero-order valence-electron chi connectivity index (χ0n) is 9.48. The molecule has 4 nitrogen and oxygen atoms in total. The predicted octanol–water partition coefficient (Wildman–Crippen LogP) is 2.19. The van der Waals surface area contributed by atoms with Crippen molar-refractivity contribution in [3.8, 4) is 0 Å². The first-order chi connectivity index (χ1) is 8.13. The molecule has 1 aromatic rings. The van der Waals surface area contributed by atoms with Crippen LogP contribution in [0.25, 0.3) is 0 Å². The molecule has 17 heavy (non-hydrogen) atoms. The van der Waals surface area contributed by atoms with Gasteiger partial charge in [0.05, 0.1) is 18.3 Å². The quantitative estimate of drug-likeness (QED) is 0.847. The van der Waals surface area contributed by atoms with Crippen LogP contribution in [0, 0.1) is 0 Å². The second kappa shape index (κ2) is 3.93. The maximum atomic E-state index is 12.2. The Kier molecular flexibility index (Phi) is 2.65. The van der Waals surface area contributed by atoms with E-state index < -0.39 is 0 Å². The molecule has 3 fully saturated rings. The Balaban J connectivity index is 1.73. The SMILES string of the molecule is CCOC12CC(C1)N(C(=O)c1cnc(Cl)s1)C2. The lowest BCUT2D eigenvalue weighted by molar-refractivity contribution is -0.0623. The molecule has 2 aliphatic heterocycles. The molecule has 1 amide bonds. The number of hydrogen-bond donors (Lipinski definition) is 0. The minimum atomic E-state index is -0.0659. The molecule has 0 radical (unpaired) electrons. The molecule has 2 saturated heterocycles. The molecule has 1 aliphatic carbocycles. The number of thiazole rings is 1. The highest BCUT2D eigenvalue weighted by Gasteiger charge is 2.57. The molecule has 0 spiro atoms. The van der Waals surface area contributed by atoms with E-state index in [0.29, 0.717) is 28.5 Å². The van der Waals surface area contributed by atoms with Crippen molar-refractivity contribution in [2.45, 2.75) is 31.4 Å². The van der Waals surface area contributed by atoms with Crippen LogP contribution in [0.3, 0.4) is 0 Å². The Hall–Kier alpha value is -0.650. The van der Waals surface area contributed by atoms with Crippen molar-refractivity contribution in [1.82, 2.24) is 9.88 Å². The van der Waals surface area contributed by atoms with Gasteiger partial charge in [-0.05, 0) is 19.8 Å². The number of carbonyl (C=O) groups excluding carboxylic acids is 1. The van der Waals surface area contributed by atoms with Crippen LogP contribution in [0.4, 0.5) is 0 Å². The first kappa shape index (κ1) is 11.4. The maximum Gasteiger partial charge on any atom is 0.265 e. The van der Waals surface area contributed by atoms with E-state index in [2.05, 4.69) is 4.98 Å². The van der Waals surface area contributed by atoms with Gasteiger partial charge in [-0.3, -0.25) is 4.79 Å². The van der Waals surface area contributed by atoms with Gasteiger partial charge in [0.25, 0.3) is 5.91 Å². The normalized spacial score (nSPS) is 30.5. The van der Waals surface area contributed by atoms with Gasteiger partial charge in [-0.15, -0.1) is 0 Å². The van der Waals surface area contributed by atoms with Crippen LogP contribution in [0.1, 0.15) is 29.4 Å². The summed E-state index contributed by atoms with van der Waals surface area (Å²) in [5, 5.41) is 0. The lowest BCUT2D eigenvalue weighted by Crippen LogP contribution is -2.43. The van der Waals surface area contributed by atoms with Crippen LogP contribution in [0.15, 0.2) is 6.20 Å². The van der Waals surface area contributed by atoms with E-state index in [4.69, 9.17) is 16.3 Å². The Labute approximate surface area is 109 Å². The fourth-order valence-corrected chi connectivity index (χ4v) is 3.68. The minimum absolute atomic E-state index is 0.0403. The second-order valence-corrected chi connectivity index (χ2v) is 6.20. The standard InChI is InChI=1S/C11H13ClN2O2S/c1-2-16-11-3-7(4-11)14(6-11)9(15)8-5-13-10(12)17-8/h5,7H,2-4,6H2,1H3. The average Bonchev–Trinajstić information content (AvgIpc) is 2.89. The van der Waals surface area contributed by atoms with Crippen LogP contribution in [0.2, 0.25) is 4.47 Å². The van der Waals surface area contributed by atoms with Gasteiger partial charge in [-0.1, -0.05) is 22.9 Å². The van der Waals surface area contributed by atoms with Crippen molar-refractivity contribution < 1.29 is 9.53 Å². The van der Waals surface area contributed by atoms with Crippen LogP contribution in [-0.4, -0.2) is 40.6 Å². The fourth-order valence-electron chi connectivity index (χ4n) is 2.79. The monoisotopic (exact) mass is 272 g/mol. The number of amides is 1. The van der Waals surface area contributed by atoms with E-state index in [1.54, 1.807) is 6.20 Å². The Morgan fingerprint density at radius 3 is 3.12 bits per heavy atom.